The third-order valence-electron chi connectivity index (χ3n) is 4.72. The first kappa shape index (κ1) is 25.0. The van der Waals surface area contributed by atoms with Crippen molar-refractivity contribution < 1.29 is 14.3 Å². The van der Waals surface area contributed by atoms with Crippen LogP contribution in [0, 0.1) is 0 Å². The molecule has 1 unspecified atom stereocenters. The second-order valence-corrected chi connectivity index (χ2v) is 7.22. The Labute approximate surface area is 191 Å². The van der Waals surface area contributed by atoms with Crippen LogP contribution in [0.15, 0.2) is 53.5 Å². The molecule has 0 saturated carbocycles. The van der Waals surface area contributed by atoms with E-state index in [1.54, 1.807) is 0 Å². The quantitative estimate of drug-likeness (QED) is 0.348. The van der Waals surface area contributed by atoms with Gasteiger partial charge in [-0.1, -0.05) is 36.4 Å². The monoisotopic (exact) mass is 440 g/mol. The lowest BCUT2D eigenvalue weighted by Gasteiger charge is -2.20. The highest BCUT2D eigenvalue weighted by atomic mass is 16.5. The Bertz CT molecular complexity index is 856. The average molecular weight is 441 g/mol. The molecule has 2 rings (SSSR count). The van der Waals surface area contributed by atoms with Gasteiger partial charge in [0.1, 0.15) is 6.54 Å². The standard InChI is InChI=1S/C25H36N4O3/c1-5-26-25(28-18-24(30)27-16-15-20-11-9-8-10-12-20)29-19(4)21-13-14-22(31-6-2)23(17-21)32-7-3/h8-14,17,19H,5-7,15-16,18H2,1-4H3,(H,27,30)(H2,26,28,29). The zero-order chi connectivity index (χ0) is 23.2. The number of aliphatic imine (C=N–C) groups is 1. The van der Waals surface area contributed by atoms with E-state index in [-0.39, 0.29) is 18.5 Å². The molecule has 32 heavy (non-hydrogen) atoms. The summed E-state index contributed by atoms with van der Waals surface area (Å²) >= 11 is 0. The molecule has 0 bridgehead atoms. The Morgan fingerprint density at radius 1 is 0.969 bits per heavy atom. The first-order valence-electron chi connectivity index (χ1n) is 11.3. The van der Waals surface area contributed by atoms with Crippen LogP contribution in [0.5, 0.6) is 11.5 Å². The number of carbonyl (C=O) groups excluding carboxylic acids is 1. The van der Waals surface area contributed by atoms with Gasteiger partial charge in [-0.3, -0.25) is 4.79 Å². The molecule has 0 saturated heterocycles. The van der Waals surface area contributed by atoms with E-state index in [9.17, 15) is 4.79 Å². The van der Waals surface area contributed by atoms with Crippen LogP contribution >= 0.6 is 0 Å². The van der Waals surface area contributed by atoms with E-state index in [2.05, 4.69) is 33.1 Å². The third kappa shape index (κ3) is 8.49. The van der Waals surface area contributed by atoms with Gasteiger partial charge in [0.15, 0.2) is 17.5 Å². The molecule has 2 aromatic carbocycles. The fourth-order valence-corrected chi connectivity index (χ4v) is 3.14. The molecule has 0 heterocycles. The van der Waals surface area contributed by atoms with Gasteiger partial charge in [-0.25, -0.2) is 4.99 Å². The molecule has 0 radical (unpaired) electrons. The Kier molecular flexibility index (Phi) is 10.9. The number of hydrogen-bond acceptors (Lipinski definition) is 4. The van der Waals surface area contributed by atoms with Gasteiger partial charge in [-0.05, 0) is 57.4 Å². The Morgan fingerprint density at radius 2 is 1.69 bits per heavy atom. The van der Waals surface area contributed by atoms with E-state index >= 15 is 0 Å². The van der Waals surface area contributed by atoms with Crippen LogP contribution in [0.3, 0.4) is 0 Å². The summed E-state index contributed by atoms with van der Waals surface area (Å²) in [4.78, 5) is 16.6. The first-order chi connectivity index (χ1) is 15.6. The topological polar surface area (TPSA) is 84.0 Å². The van der Waals surface area contributed by atoms with E-state index in [0.29, 0.717) is 32.3 Å². The molecule has 0 aliphatic carbocycles. The van der Waals surface area contributed by atoms with Gasteiger partial charge in [0.2, 0.25) is 5.91 Å². The smallest absolute Gasteiger partial charge is 0.241 e. The minimum Gasteiger partial charge on any atom is -0.490 e. The Balaban J connectivity index is 1.93. The summed E-state index contributed by atoms with van der Waals surface area (Å²) in [7, 11) is 0. The van der Waals surface area contributed by atoms with Crippen molar-refractivity contribution in [3.63, 3.8) is 0 Å². The summed E-state index contributed by atoms with van der Waals surface area (Å²) in [5, 5.41) is 9.47. The molecule has 0 aromatic heterocycles. The zero-order valence-corrected chi connectivity index (χ0v) is 19.6. The largest absolute Gasteiger partial charge is 0.490 e. The van der Waals surface area contributed by atoms with Gasteiger partial charge in [-0.15, -0.1) is 0 Å². The van der Waals surface area contributed by atoms with Crippen molar-refractivity contribution in [3.8, 4) is 11.5 Å². The predicted octanol–water partition coefficient (Wildman–Crippen LogP) is 3.46. The maximum atomic E-state index is 12.2. The lowest BCUT2D eigenvalue weighted by atomic mass is 10.1. The van der Waals surface area contributed by atoms with Crippen LogP contribution in [0.25, 0.3) is 0 Å². The molecule has 1 atom stereocenters. The minimum atomic E-state index is -0.106. The number of benzene rings is 2. The first-order valence-corrected chi connectivity index (χ1v) is 11.3. The second kappa shape index (κ2) is 14.0. The predicted molar refractivity (Wildman–Crippen MR) is 129 cm³/mol. The van der Waals surface area contributed by atoms with Crippen molar-refractivity contribution in [1.82, 2.24) is 16.0 Å². The van der Waals surface area contributed by atoms with Crippen LogP contribution in [0.2, 0.25) is 0 Å². The fraction of sp³-hybridized carbons (Fsp3) is 0.440. The fourth-order valence-electron chi connectivity index (χ4n) is 3.14. The molecule has 174 valence electrons. The Morgan fingerprint density at radius 3 is 2.38 bits per heavy atom. The summed E-state index contributed by atoms with van der Waals surface area (Å²) in [5.41, 5.74) is 2.23. The van der Waals surface area contributed by atoms with Crippen molar-refractivity contribution in [3.05, 3.63) is 59.7 Å². The van der Waals surface area contributed by atoms with E-state index in [0.717, 1.165) is 23.5 Å². The van der Waals surface area contributed by atoms with Crippen LogP contribution in [-0.2, 0) is 11.2 Å². The number of amides is 1. The van der Waals surface area contributed by atoms with E-state index in [1.165, 1.54) is 5.56 Å². The molecular weight excluding hydrogens is 404 g/mol. The second-order valence-electron chi connectivity index (χ2n) is 7.22. The van der Waals surface area contributed by atoms with Crippen molar-refractivity contribution in [2.75, 3.05) is 32.8 Å². The highest BCUT2D eigenvalue weighted by Gasteiger charge is 2.13. The number of guanidine groups is 1. The molecule has 0 fully saturated rings. The maximum Gasteiger partial charge on any atom is 0.241 e. The summed E-state index contributed by atoms with van der Waals surface area (Å²) in [6.07, 6.45) is 0.797. The molecule has 7 nitrogen and oxygen atoms in total. The molecule has 7 heteroatoms. The summed E-state index contributed by atoms with van der Waals surface area (Å²) in [6, 6.07) is 16.0. The van der Waals surface area contributed by atoms with Gasteiger partial charge >= 0.3 is 0 Å². The minimum absolute atomic E-state index is 0.0381. The van der Waals surface area contributed by atoms with Gasteiger partial charge in [-0.2, -0.15) is 0 Å². The highest BCUT2D eigenvalue weighted by Crippen LogP contribution is 2.30. The highest BCUT2D eigenvalue weighted by molar-refractivity contribution is 5.85. The van der Waals surface area contributed by atoms with Crippen molar-refractivity contribution >= 4 is 11.9 Å². The molecular formula is C25H36N4O3. The van der Waals surface area contributed by atoms with Crippen LogP contribution in [0.4, 0.5) is 0 Å². The SMILES string of the molecule is CCNC(=NCC(=O)NCCc1ccccc1)NC(C)c1ccc(OCC)c(OCC)c1. The zero-order valence-electron chi connectivity index (χ0n) is 19.6. The number of rotatable bonds is 12. The van der Waals surface area contributed by atoms with Gasteiger partial charge in [0, 0.05) is 13.1 Å². The van der Waals surface area contributed by atoms with Gasteiger partial charge < -0.3 is 25.4 Å². The van der Waals surface area contributed by atoms with Crippen LogP contribution in [-0.4, -0.2) is 44.7 Å². The van der Waals surface area contributed by atoms with Crippen molar-refractivity contribution in [2.45, 2.75) is 40.2 Å². The van der Waals surface area contributed by atoms with Crippen molar-refractivity contribution in [1.29, 1.82) is 0 Å². The molecule has 0 aliphatic rings. The normalized spacial score (nSPS) is 12.1. The van der Waals surface area contributed by atoms with E-state index in [4.69, 9.17) is 9.47 Å². The molecule has 2 aromatic rings. The summed E-state index contributed by atoms with van der Waals surface area (Å²) in [5.74, 6) is 1.94. The molecule has 0 spiro atoms. The van der Waals surface area contributed by atoms with Gasteiger partial charge in [0.05, 0.1) is 19.3 Å². The number of ether oxygens (including phenoxy) is 2. The number of carbonyl (C=O) groups is 1. The number of nitrogens with zero attached hydrogens (tertiary/aromatic N) is 1. The van der Waals surface area contributed by atoms with E-state index < -0.39 is 0 Å². The number of nitrogens with one attached hydrogen (secondary N) is 3. The van der Waals surface area contributed by atoms with Gasteiger partial charge in [0.25, 0.3) is 0 Å². The lowest BCUT2D eigenvalue weighted by molar-refractivity contribution is -0.119. The molecule has 1 amide bonds. The lowest BCUT2D eigenvalue weighted by Crippen LogP contribution is -2.39. The average Bonchev–Trinajstić information content (AvgIpc) is 2.79. The summed E-state index contributed by atoms with van der Waals surface area (Å²) in [6.45, 7) is 10.4. The Hall–Kier alpha value is -3.22. The van der Waals surface area contributed by atoms with E-state index in [1.807, 2.05) is 64.1 Å². The summed E-state index contributed by atoms with van der Waals surface area (Å²) < 4.78 is 11.4. The molecule has 3 N–H and O–H groups in total. The number of hydrogen-bond donors (Lipinski definition) is 3. The van der Waals surface area contributed by atoms with Crippen molar-refractivity contribution in [2.24, 2.45) is 4.99 Å². The maximum absolute atomic E-state index is 12.2. The van der Waals surface area contributed by atoms with Crippen LogP contribution < -0.4 is 25.4 Å². The van der Waals surface area contributed by atoms with Crippen LogP contribution in [0.1, 0.15) is 44.9 Å². The third-order valence-corrected chi connectivity index (χ3v) is 4.72. The molecule has 0 aliphatic heterocycles.